The Bertz CT molecular complexity index is 506. The Labute approximate surface area is 113 Å². The van der Waals surface area contributed by atoms with E-state index in [0.717, 1.165) is 12.6 Å². The van der Waals surface area contributed by atoms with E-state index >= 15 is 0 Å². The third-order valence-electron chi connectivity index (χ3n) is 3.88. The number of carbonyl (C=O) groups is 2. The molecule has 1 aliphatic heterocycles. The number of hydrogen-bond acceptors (Lipinski definition) is 4. The summed E-state index contributed by atoms with van der Waals surface area (Å²) < 4.78 is 11.8. The van der Waals surface area contributed by atoms with Gasteiger partial charge in [-0.15, -0.1) is 0 Å². The molecule has 0 aliphatic carbocycles. The molecule has 0 saturated carbocycles. The molecule has 5 heteroatoms. The Morgan fingerprint density at radius 2 is 1.58 bits per heavy atom. The Morgan fingerprint density at radius 3 is 2.05 bits per heavy atom. The van der Waals surface area contributed by atoms with Gasteiger partial charge in [-0.3, -0.25) is 9.59 Å². The molecule has 0 atom stereocenters. The SMILES string of the molecule is CC1(C)OB(c2cc(C=O)ccc2C=O)OC1(C)C. The summed E-state index contributed by atoms with van der Waals surface area (Å²) in [5, 5.41) is 0. The highest BCUT2D eigenvalue weighted by molar-refractivity contribution is 6.63. The zero-order valence-electron chi connectivity index (χ0n) is 11.6. The average molecular weight is 260 g/mol. The molecule has 1 aliphatic rings. The number of benzene rings is 1. The lowest BCUT2D eigenvalue weighted by Crippen LogP contribution is -2.41. The van der Waals surface area contributed by atoms with E-state index in [1.807, 2.05) is 27.7 Å². The van der Waals surface area contributed by atoms with Crippen molar-refractivity contribution in [3.05, 3.63) is 29.3 Å². The van der Waals surface area contributed by atoms with Gasteiger partial charge in [-0.2, -0.15) is 0 Å². The van der Waals surface area contributed by atoms with Crippen LogP contribution in [0.4, 0.5) is 0 Å². The van der Waals surface area contributed by atoms with Gasteiger partial charge in [0.15, 0.2) is 0 Å². The van der Waals surface area contributed by atoms with Crippen LogP contribution in [0.2, 0.25) is 0 Å². The van der Waals surface area contributed by atoms with Crippen LogP contribution >= 0.6 is 0 Å². The van der Waals surface area contributed by atoms with Crippen LogP contribution in [0.15, 0.2) is 18.2 Å². The van der Waals surface area contributed by atoms with Gasteiger partial charge in [0.2, 0.25) is 0 Å². The first-order chi connectivity index (χ1) is 8.80. The lowest BCUT2D eigenvalue weighted by Gasteiger charge is -2.32. The van der Waals surface area contributed by atoms with Crippen LogP contribution in [0.25, 0.3) is 0 Å². The van der Waals surface area contributed by atoms with Crippen molar-refractivity contribution in [2.45, 2.75) is 38.9 Å². The Balaban J connectivity index is 2.43. The minimum atomic E-state index is -0.634. The molecular weight excluding hydrogens is 243 g/mol. The highest BCUT2D eigenvalue weighted by atomic mass is 16.7. The second kappa shape index (κ2) is 4.58. The minimum absolute atomic E-state index is 0.476. The second-order valence-corrected chi connectivity index (χ2v) is 5.71. The molecule has 0 radical (unpaired) electrons. The van der Waals surface area contributed by atoms with Gasteiger partial charge < -0.3 is 9.31 Å². The Hall–Kier alpha value is -1.46. The quantitative estimate of drug-likeness (QED) is 0.612. The van der Waals surface area contributed by atoms with Gasteiger partial charge in [-0.25, -0.2) is 0 Å². The van der Waals surface area contributed by atoms with E-state index in [4.69, 9.17) is 9.31 Å². The maximum absolute atomic E-state index is 11.1. The third kappa shape index (κ3) is 2.36. The average Bonchev–Trinajstić information content (AvgIpc) is 2.57. The lowest BCUT2D eigenvalue weighted by atomic mass is 9.75. The largest absolute Gasteiger partial charge is 0.495 e. The Kier molecular flexibility index (Phi) is 3.37. The van der Waals surface area contributed by atoms with E-state index in [0.29, 0.717) is 16.6 Å². The summed E-state index contributed by atoms with van der Waals surface area (Å²) in [4.78, 5) is 22.0. The third-order valence-corrected chi connectivity index (χ3v) is 3.88. The van der Waals surface area contributed by atoms with Gasteiger partial charge in [0.05, 0.1) is 11.2 Å². The first-order valence-corrected chi connectivity index (χ1v) is 6.21. The zero-order chi connectivity index (χ0) is 14.3. The predicted molar refractivity (Wildman–Crippen MR) is 72.9 cm³/mol. The molecule has 1 aromatic rings. The van der Waals surface area contributed by atoms with Crippen molar-refractivity contribution >= 4 is 25.2 Å². The number of aldehydes is 2. The molecule has 19 heavy (non-hydrogen) atoms. The van der Waals surface area contributed by atoms with Crippen LogP contribution in [-0.2, 0) is 9.31 Å². The van der Waals surface area contributed by atoms with Crippen LogP contribution in [0.3, 0.4) is 0 Å². The normalized spacial score (nSPS) is 20.3. The fraction of sp³-hybridized carbons (Fsp3) is 0.429. The van der Waals surface area contributed by atoms with Gasteiger partial charge in [0, 0.05) is 11.1 Å². The van der Waals surface area contributed by atoms with E-state index < -0.39 is 18.3 Å². The molecule has 0 N–H and O–H groups in total. The molecule has 0 spiro atoms. The van der Waals surface area contributed by atoms with Gasteiger partial charge in [-0.1, -0.05) is 18.2 Å². The maximum Gasteiger partial charge on any atom is 0.495 e. The first kappa shape index (κ1) is 14.0. The van der Waals surface area contributed by atoms with E-state index in [1.165, 1.54) is 0 Å². The molecule has 1 fully saturated rings. The van der Waals surface area contributed by atoms with E-state index in [-0.39, 0.29) is 0 Å². The van der Waals surface area contributed by atoms with Crippen molar-refractivity contribution in [3.63, 3.8) is 0 Å². The van der Waals surface area contributed by atoms with Crippen molar-refractivity contribution in [3.8, 4) is 0 Å². The second-order valence-electron chi connectivity index (χ2n) is 5.71. The molecule has 0 unspecified atom stereocenters. The van der Waals surface area contributed by atoms with Crippen molar-refractivity contribution < 1.29 is 18.9 Å². The molecule has 1 heterocycles. The van der Waals surface area contributed by atoms with Crippen molar-refractivity contribution in [1.29, 1.82) is 0 Å². The number of rotatable bonds is 3. The van der Waals surface area contributed by atoms with Gasteiger partial charge in [0.25, 0.3) is 0 Å². The summed E-state index contributed by atoms with van der Waals surface area (Å²) in [7, 11) is -0.634. The molecule has 0 bridgehead atoms. The highest BCUT2D eigenvalue weighted by Crippen LogP contribution is 2.36. The van der Waals surface area contributed by atoms with Gasteiger partial charge in [-0.05, 0) is 33.2 Å². The molecule has 1 saturated heterocycles. The lowest BCUT2D eigenvalue weighted by molar-refractivity contribution is 0.00578. The molecule has 4 nitrogen and oxygen atoms in total. The molecule has 0 aromatic heterocycles. The fourth-order valence-electron chi connectivity index (χ4n) is 1.95. The van der Waals surface area contributed by atoms with Crippen LogP contribution in [0.1, 0.15) is 48.4 Å². The Morgan fingerprint density at radius 1 is 1.00 bits per heavy atom. The summed E-state index contributed by atoms with van der Waals surface area (Å²) >= 11 is 0. The van der Waals surface area contributed by atoms with Crippen LogP contribution in [0, 0.1) is 0 Å². The summed E-state index contributed by atoms with van der Waals surface area (Å²) in [5.41, 5.74) is 0.613. The summed E-state index contributed by atoms with van der Waals surface area (Å²) in [5.74, 6) is 0. The van der Waals surface area contributed by atoms with Crippen LogP contribution in [-0.4, -0.2) is 30.9 Å². The topological polar surface area (TPSA) is 52.6 Å². The van der Waals surface area contributed by atoms with E-state index in [1.54, 1.807) is 18.2 Å². The van der Waals surface area contributed by atoms with Crippen molar-refractivity contribution in [2.75, 3.05) is 0 Å². The number of hydrogen-bond donors (Lipinski definition) is 0. The minimum Gasteiger partial charge on any atom is -0.399 e. The van der Waals surface area contributed by atoms with Gasteiger partial charge in [0.1, 0.15) is 12.6 Å². The van der Waals surface area contributed by atoms with Crippen LogP contribution < -0.4 is 5.46 Å². The molecular formula is C14H17BO4. The highest BCUT2D eigenvalue weighted by Gasteiger charge is 2.52. The molecule has 1 aromatic carbocycles. The summed E-state index contributed by atoms with van der Waals surface area (Å²) in [6.45, 7) is 7.77. The van der Waals surface area contributed by atoms with Crippen molar-refractivity contribution in [1.82, 2.24) is 0 Å². The maximum atomic E-state index is 11.1. The summed E-state index contributed by atoms with van der Waals surface area (Å²) in [6.07, 6.45) is 1.48. The standard InChI is InChI=1S/C14H17BO4/c1-13(2)14(3,4)19-15(18-13)12-7-10(8-16)5-6-11(12)9-17/h5-9H,1-4H3. The first-order valence-electron chi connectivity index (χ1n) is 6.21. The fourth-order valence-corrected chi connectivity index (χ4v) is 1.95. The van der Waals surface area contributed by atoms with E-state index in [2.05, 4.69) is 0 Å². The van der Waals surface area contributed by atoms with Crippen LogP contribution in [0.5, 0.6) is 0 Å². The molecule has 0 amide bonds. The van der Waals surface area contributed by atoms with Crippen molar-refractivity contribution in [2.24, 2.45) is 0 Å². The smallest absolute Gasteiger partial charge is 0.399 e. The summed E-state index contributed by atoms with van der Waals surface area (Å²) in [6, 6.07) is 4.85. The van der Waals surface area contributed by atoms with Gasteiger partial charge >= 0.3 is 7.12 Å². The monoisotopic (exact) mass is 260 g/mol. The molecule has 2 rings (SSSR count). The van der Waals surface area contributed by atoms with E-state index in [9.17, 15) is 9.59 Å². The number of carbonyl (C=O) groups excluding carboxylic acids is 2. The predicted octanol–water partition coefficient (Wildman–Crippen LogP) is 1.61. The zero-order valence-corrected chi connectivity index (χ0v) is 11.6. The molecule has 100 valence electrons.